The van der Waals surface area contributed by atoms with Crippen LogP contribution in [-0.2, 0) is 0 Å². The fourth-order valence-electron chi connectivity index (χ4n) is 3.75. The zero-order valence-electron chi connectivity index (χ0n) is 17.5. The predicted octanol–water partition coefficient (Wildman–Crippen LogP) is 5.14. The highest BCUT2D eigenvalue weighted by Gasteiger charge is 2.21. The number of benzene rings is 3. The van der Waals surface area contributed by atoms with Crippen LogP contribution in [0.4, 0.5) is 10.5 Å². The van der Waals surface area contributed by atoms with E-state index in [1.807, 2.05) is 72.9 Å². The zero-order chi connectivity index (χ0) is 21.6. The van der Waals surface area contributed by atoms with Crippen molar-refractivity contribution < 1.29 is 14.3 Å². The van der Waals surface area contributed by atoms with Gasteiger partial charge in [0.1, 0.15) is 0 Å². The van der Waals surface area contributed by atoms with Crippen molar-refractivity contribution in [3.05, 3.63) is 90.1 Å². The molecule has 0 saturated carbocycles. The highest BCUT2D eigenvalue weighted by atomic mass is 16.5. The number of carbonyl (C=O) groups excluding carboxylic acids is 1. The van der Waals surface area contributed by atoms with Gasteiger partial charge in [-0.15, -0.1) is 0 Å². The van der Waals surface area contributed by atoms with Crippen molar-refractivity contribution in [2.45, 2.75) is 5.92 Å². The molecule has 1 atom stereocenters. The molecule has 0 unspecified atom stereocenters. The van der Waals surface area contributed by atoms with Gasteiger partial charge in [-0.05, 0) is 41.5 Å². The Morgan fingerprint density at radius 1 is 0.935 bits per heavy atom. The number of H-pyrrole nitrogens is 1. The number of hydrogen-bond acceptors (Lipinski definition) is 3. The molecule has 0 saturated heterocycles. The van der Waals surface area contributed by atoms with Crippen LogP contribution in [-0.4, -0.2) is 31.8 Å². The van der Waals surface area contributed by atoms with Gasteiger partial charge in [0.15, 0.2) is 11.5 Å². The Kier molecular flexibility index (Phi) is 6.08. The number of rotatable bonds is 7. The van der Waals surface area contributed by atoms with E-state index >= 15 is 0 Å². The van der Waals surface area contributed by atoms with Crippen molar-refractivity contribution in [1.82, 2.24) is 10.3 Å². The average molecular weight is 415 g/mol. The van der Waals surface area contributed by atoms with Gasteiger partial charge in [0.05, 0.1) is 14.2 Å². The van der Waals surface area contributed by atoms with Gasteiger partial charge in [-0.25, -0.2) is 4.79 Å². The summed E-state index contributed by atoms with van der Waals surface area (Å²) < 4.78 is 10.9. The quantitative estimate of drug-likeness (QED) is 0.391. The van der Waals surface area contributed by atoms with Gasteiger partial charge < -0.3 is 25.1 Å². The third-order valence-corrected chi connectivity index (χ3v) is 5.31. The summed E-state index contributed by atoms with van der Waals surface area (Å²) in [5.74, 6) is 1.23. The summed E-state index contributed by atoms with van der Waals surface area (Å²) >= 11 is 0. The van der Waals surface area contributed by atoms with Crippen molar-refractivity contribution in [3.63, 3.8) is 0 Å². The number of ether oxygens (including phenoxy) is 2. The molecule has 0 fully saturated rings. The van der Waals surface area contributed by atoms with E-state index in [1.54, 1.807) is 14.2 Å². The molecule has 6 heteroatoms. The second-order valence-corrected chi connectivity index (χ2v) is 7.16. The van der Waals surface area contributed by atoms with E-state index in [9.17, 15) is 4.79 Å². The lowest BCUT2D eigenvalue weighted by molar-refractivity contribution is 0.252. The van der Waals surface area contributed by atoms with Crippen LogP contribution in [0.2, 0.25) is 0 Å². The van der Waals surface area contributed by atoms with Gasteiger partial charge in [-0.2, -0.15) is 0 Å². The molecule has 6 nitrogen and oxygen atoms in total. The van der Waals surface area contributed by atoms with Crippen LogP contribution in [0.1, 0.15) is 17.0 Å². The Labute approximate surface area is 181 Å². The molecular weight excluding hydrogens is 390 g/mol. The van der Waals surface area contributed by atoms with Crippen LogP contribution in [0, 0.1) is 0 Å². The minimum absolute atomic E-state index is 0.0857. The number of aromatic nitrogens is 1. The lowest BCUT2D eigenvalue weighted by Crippen LogP contribution is -2.32. The summed E-state index contributed by atoms with van der Waals surface area (Å²) in [6.07, 6.45) is 2.00. The van der Waals surface area contributed by atoms with Crippen LogP contribution in [0.3, 0.4) is 0 Å². The minimum Gasteiger partial charge on any atom is -0.493 e. The lowest BCUT2D eigenvalue weighted by Gasteiger charge is -2.20. The summed E-state index contributed by atoms with van der Waals surface area (Å²) in [5.41, 5.74) is 3.91. The fourth-order valence-corrected chi connectivity index (χ4v) is 3.75. The Morgan fingerprint density at radius 3 is 2.45 bits per heavy atom. The zero-order valence-corrected chi connectivity index (χ0v) is 17.5. The van der Waals surface area contributed by atoms with Crippen molar-refractivity contribution >= 4 is 22.6 Å². The molecule has 1 aromatic heterocycles. The summed E-state index contributed by atoms with van der Waals surface area (Å²) in [5, 5.41) is 7.00. The van der Waals surface area contributed by atoms with Gasteiger partial charge in [0.2, 0.25) is 0 Å². The maximum atomic E-state index is 12.5. The van der Waals surface area contributed by atoms with E-state index in [2.05, 4.69) is 21.7 Å². The van der Waals surface area contributed by atoms with Gasteiger partial charge >= 0.3 is 6.03 Å². The van der Waals surface area contributed by atoms with Crippen LogP contribution in [0.5, 0.6) is 11.5 Å². The first kappa shape index (κ1) is 20.3. The fraction of sp³-hybridized carbons (Fsp3) is 0.160. The highest BCUT2D eigenvalue weighted by molar-refractivity contribution is 5.89. The molecule has 31 heavy (non-hydrogen) atoms. The Morgan fingerprint density at radius 2 is 1.68 bits per heavy atom. The number of nitrogens with one attached hydrogen (secondary N) is 3. The van der Waals surface area contributed by atoms with Crippen LogP contribution in [0.15, 0.2) is 79.0 Å². The molecular formula is C25H25N3O3. The third kappa shape index (κ3) is 4.48. The Hall–Kier alpha value is -3.93. The summed E-state index contributed by atoms with van der Waals surface area (Å²) in [6, 6.07) is 23.1. The molecule has 4 aromatic rings. The van der Waals surface area contributed by atoms with E-state index in [4.69, 9.17) is 9.47 Å². The van der Waals surface area contributed by atoms with Crippen LogP contribution >= 0.6 is 0 Å². The van der Waals surface area contributed by atoms with Gasteiger partial charge in [-0.1, -0.05) is 42.5 Å². The number of anilines is 1. The molecule has 1 heterocycles. The molecule has 4 rings (SSSR count). The summed E-state index contributed by atoms with van der Waals surface area (Å²) in [7, 11) is 3.23. The van der Waals surface area contributed by atoms with Crippen LogP contribution in [0.25, 0.3) is 10.9 Å². The molecule has 0 bridgehead atoms. The largest absolute Gasteiger partial charge is 0.493 e. The predicted molar refractivity (Wildman–Crippen MR) is 123 cm³/mol. The smallest absolute Gasteiger partial charge is 0.319 e. The first-order valence-corrected chi connectivity index (χ1v) is 10.1. The molecule has 0 aliphatic rings. The van der Waals surface area contributed by atoms with Crippen LogP contribution < -0.4 is 20.1 Å². The SMILES string of the molecule is COc1ccc([C@H](CNC(=O)Nc2ccccc2)c2c[nH]c3ccccc23)cc1OC. The number of carbonyl (C=O) groups is 1. The van der Waals surface area contributed by atoms with Crippen molar-refractivity contribution in [2.75, 3.05) is 26.1 Å². The first-order chi connectivity index (χ1) is 15.2. The topological polar surface area (TPSA) is 75.4 Å². The number of para-hydroxylation sites is 2. The third-order valence-electron chi connectivity index (χ3n) is 5.31. The van der Waals surface area contributed by atoms with E-state index in [0.717, 1.165) is 27.7 Å². The Bertz CT molecular complexity index is 1170. The maximum absolute atomic E-state index is 12.5. The normalized spacial score (nSPS) is 11.7. The van der Waals surface area contributed by atoms with Gasteiger partial charge in [0, 0.05) is 35.2 Å². The minimum atomic E-state index is -0.253. The number of fused-ring (bicyclic) bond motifs is 1. The van der Waals surface area contributed by atoms with Gasteiger partial charge in [0.25, 0.3) is 0 Å². The average Bonchev–Trinajstić information content (AvgIpc) is 3.23. The number of aromatic amines is 1. The van der Waals surface area contributed by atoms with Crippen molar-refractivity contribution in [1.29, 1.82) is 0 Å². The molecule has 0 aliphatic heterocycles. The van der Waals surface area contributed by atoms with E-state index < -0.39 is 0 Å². The number of urea groups is 1. The van der Waals surface area contributed by atoms with Gasteiger partial charge in [-0.3, -0.25) is 0 Å². The van der Waals surface area contributed by atoms with E-state index in [1.165, 1.54) is 0 Å². The second-order valence-electron chi connectivity index (χ2n) is 7.16. The number of amides is 2. The first-order valence-electron chi connectivity index (χ1n) is 10.1. The molecule has 158 valence electrons. The lowest BCUT2D eigenvalue weighted by atomic mass is 9.90. The molecule has 0 radical (unpaired) electrons. The standard InChI is InChI=1S/C25H25N3O3/c1-30-23-13-12-17(14-24(23)31-2)20(21-16-26-22-11-7-6-10-19(21)22)15-27-25(29)28-18-8-4-3-5-9-18/h3-14,16,20,26H,15H2,1-2H3,(H2,27,28,29)/t20-/m0/s1. The monoisotopic (exact) mass is 415 g/mol. The molecule has 3 aromatic carbocycles. The Balaban J connectivity index is 1.64. The molecule has 0 spiro atoms. The van der Waals surface area contributed by atoms with Crippen molar-refractivity contribution in [3.8, 4) is 11.5 Å². The molecule has 0 aliphatic carbocycles. The molecule has 2 amide bonds. The highest BCUT2D eigenvalue weighted by Crippen LogP contribution is 2.35. The van der Waals surface area contributed by atoms with E-state index in [0.29, 0.717) is 18.0 Å². The second kappa shape index (κ2) is 9.26. The van der Waals surface area contributed by atoms with E-state index in [-0.39, 0.29) is 11.9 Å². The van der Waals surface area contributed by atoms with Crippen molar-refractivity contribution in [2.24, 2.45) is 0 Å². The number of methoxy groups -OCH3 is 2. The summed E-state index contributed by atoms with van der Waals surface area (Å²) in [4.78, 5) is 15.9. The number of hydrogen-bond donors (Lipinski definition) is 3. The maximum Gasteiger partial charge on any atom is 0.319 e. The summed E-state index contributed by atoms with van der Waals surface area (Å²) in [6.45, 7) is 0.413. The molecule has 3 N–H and O–H groups in total.